The second-order valence-corrected chi connectivity index (χ2v) is 6.42. The lowest BCUT2D eigenvalue weighted by molar-refractivity contribution is -0.122. The Bertz CT molecular complexity index is 697. The van der Waals surface area contributed by atoms with Gasteiger partial charge in [-0.1, -0.05) is 23.7 Å². The third kappa shape index (κ3) is 4.49. The van der Waals surface area contributed by atoms with Gasteiger partial charge in [-0.3, -0.25) is 4.79 Å². The Morgan fingerprint density at radius 1 is 1.00 bits per heavy atom. The van der Waals surface area contributed by atoms with E-state index in [2.05, 4.69) is 11.4 Å². The van der Waals surface area contributed by atoms with E-state index in [9.17, 15) is 4.79 Å². The van der Waals surface area contributed by atoms with Gasteiger partial charge in [-0.25, -0.2) is 0 Å². The Morgan fingerprint density at radius 2 is 1.57 bits per heavy atom. The van der Waals surface area contributed by atoms with Crippen molar-refractivity contribution >= 4 is 23.2 Å². The van der Waals surface area contributed by atoms with Crippen molar-refractivity contribution in [2.75, 3.05) is 5.32 Å². The summed E-state index contributed by atoms with van der Waals surface area (Å²) in [5.74, 6) is 0.467. The number of hydrogen-bond acceptors (Lipinski definition) is 2. The van der Waals surface area contributed by atoms with Gasteiger partial charge in [0.15, 0.2) is 6.10 Å². The fraction of sp³-hybridized carbons (Fsp3) is 0.316. The van der Waals surface area contributed by atoms with Crippen LogP contribution in [0.15, 0.2) is 30.3 Å². The number of benzene rings is 2. The number of hydrogen-bond donors (Lipinski definition) is 1. The molecule has 4 heteroatoms. The van der Waals surface area contributed by atoms with E-state index in [1.165, 1.54) is 0 Å². The van der Waals surface area contributed by atoms with Gasteiger partial charge in [-0.05, 0) is 75.1 Å². The molecule has 2 rings (SSSR count). The second kappa shape index (κ2) is 7.05. The summed E-state index contributed by atoms with van der Waals surface area (Å²) >= 11 is 6.23. The van der Waals surface area contributed by atoms with Crippen LogP contribution >= 0.6 is 11.6 Å². The third-order valence-electron chi connectivity index (χ3n) is 3.56. The van der Waals surface area contributed by atoms with Crippen molar-refractivity contribution in [3.63, 3.8) is 0 Å². The number of carbonyl (C=O) groups excluding carboxylic acids is 1. The molecule has 1 atom stereocenters. The summed E-state index contributed by atoms with van der Waals surface area (Å²) in [5, 5.41) is 3.40. The summed E-state index contributed by atoms with van der Waals surface area (Å²) in [7, 11) is 0. The first-order valence-corrected chi connectivity index (χ1v) is 7.96. The Kier molecular flexibility index (Phi) is 5.32. The quantitative estimate of drug-likeness (QED) is 0.858. The highest BCUT2D eigenvalue weighted by Crippen LogP contribution is 2.27. The van der Waals surface area contributed by atoms with Gasteiger partial charge in [0.05, 0.1) is 10.7 Å². The summed E-state index contributed by atoms with van der Waals surface area (Å²) < 4.78 is 5.76. The normalized spacial score (nSPS) is 11.9. The molecule has 1 amide bonds. The van der Waals surface area contributed by atoms with Crippen molar-refractivity contribution < 1.29 is 9.53 Å². The zero-order chi connectivity index (χ0) is 17.1. The molecular weight excluding hydrogens is 310 g/mol. The molecule has 0 heterocycles. The maximum Gasteiger partial charge on any atom is 0.265 e. The van der Waals surface area contributed by atoms with Crippen molar-refractivity contribution in [2.24, 2.45) is 0 Å². The Morgan fingerprint density at radius 3 is 2.13 bits per heavy atom. The number of halogens is 1. The van der Waals surface area contributed by atoms with Crippen LogP contribution in [0.2, 0.25) is 5.02 Å². The lowest BCUT2D eigenvalue weighted by Crippen LogP contribution is -2.30. The van der Waals surface area contributed by atoms with Crippen molar-refractivity contribution in [1.29, 1.82) is 0 Å². The number of nitrogens with one attached hydrogen (secondary N) is 1. The van der Waals surface area contributed by atoms with Gasteiger partial charge in [0.2, 0.25) is 0 Å². The van der Waals surface area contributed by atoms with Crippen LogP contribution in [0.1, 0.15) is 29.2 Å². The maximum atomic E-state index is 12.4. The highest BCUT2D eigenvalue weighted by molar-refractivity contribution is 6.34. The van der Waals surface area contributed by atoms with E-state index >= 15 is 0 Å². The number of aryl methyl sites for hydroxylation is 4. The molecule has 0 aliphatic rings. The predicted octanol–water partition coefficient (Wildman–Crippen LogP) is 4.98. The van der Waals surface area contributed by atoms with E-state index in [0.29, 0.717) is 16.5 Å². The molecule has 1 unspecified atom stereocenters. The summed E-state index contributed by atoms with van der Waals surface area (Å²) in [6.45, 7) is 9.62. The molecule has 23 heavy (non-hydrogen) atoms. The molecule has 0 aliphatic carbocycles. The summed E-state index contributed by atoms with van der Waals surface area (Å²) in [6.07, 6.45) is -0.618. The fourth-order valence-electron chi connectivity index (χ4n) is 2.56. The zero-order valence-electron chi connectivity index (χ0n) is 14.2. The van der Waals surface area contributed by atoms with Gasteiger partial charge >= 0.3 is 0 Å². The number of rotatable bonds is 4. The molecule has 0 radical (unpaired) electrons. The van der Waals surface area contributed by atoms with Crippen molar-refractivity contribution in [3.8, 4) is 5.75 Å². The first-order chi connectivity index (χ1) is 10.8. The van der Waals surface area contributed by atoms with Crippen LogP contribution in [0.4, 0.5) is 5.69 Å². The number of amides is 1. The molecule has 0 saturated heterocycles. The van der Waals surface area contributed by atoms with E-state index in [-0.39, 0.29) is 5.91 Å². The van der Waals surface area contributed by atoms with Gasteiger partial charge in [0.25, 0.3) is 5.91 Å². The SMILES string of the molecule is Cc1cc(C)cc(OC(C)C(=O)Nc2c(C)cc(C)cc2Cl)c1. The van der Waals surface area contributed by atoms with Crippen LogP contribution in [0.3, 0.4) is 0 Å². The second-order valence-electron chi connectivity index (χ2n) is 6.01. The zero-order valence-corrected chi connectivity index (χ0v) is 14.9. The average Bonchev–Trinajstić information content (AvgIpc) is 2.41. The van der Waals surface area contributed by atoms with E-state index < -0.39 is 6.10 Å². The number of anilines is 1. The van der Waals surface area contributed by atoms with E-state index in [4.69, 9.17) is 16.3 Å². The summed E-state index contributed by atoms with van der Waals surface area (Å²) in [4.78, 5) is 12.4. The summed E-state index contributed by atoms with van der Waals surface area (Å²) in [6, 6.07) is 9.71. The van der Waals surface area contributed by atoms with Gasteiger partial charge < -0.3 is 10.1 Å². The number of carbonyl (C=O) groups is 1. The smallest absolute Gasteiger partial charge is 0.265 e. The minimum Gasteiger partial charge on any atom is -0.481 e. The lowest BCUT2D eigenvalue weighted by Gasteiger charge is -2.17. The number of ether oxygens (including phenoxy) is 1. The molecule has 0 bridgehead atoms. The van der Waals surface area contributed by atoms with Crippen LogP contribution in [0.25, 0.3) is 0 Å². The van der Waals surface area contributed by atoms with Crippen LogP contribution in [-0.4, -0.2) is 12.0 Å². The lowest BCUT2D eigenvalue weighted by atomic mass is 10.1. The van der Waals surface area contributed by atoms with Gasteiger partial charge in [-0.2, -0.15) is 0 Å². The first-order valence-electron chi connectivity index (χ1n) is 7.59. The monoisotopic (exact) mass is 331 g/mol. The minimum absolute atomic E-state index is 0.224. The molecule has 0 spiro atoms. The van der Waals surface area contributed by atoms with Gasteiger partial charge in [0.1, 0.15) is 5.75 Å². The van der Waals surface area contributed by atoms with Gasteiger partial charge in [0, 0.05) is 0 Å². The highest BCUT2D eigenvalue weighted by atomic mass is 35.5. The Balaban J connectivity index is 2.11. The third-order valence-corrected chi connectivity index (χ3v) is 3.86. The van der Waals surface area contributed by atoms with Crippen molar-refractivity contribution in [1.82, 2.24) is 0 Å². The minimum atomic E-state index is -0.618. The topological polar surface area (TPSA) is 38.3 Å². The highest BCUT2D eigenvalue weighted by Gasteiger charge is 2.17. The molecule has 2 aromatic carbocycles. The molecule has 2 aromatic rings. The summed E-state index contributed by atoms with van der Waals surface area (Å²) in [5.41, 5.74) is 4.83. The maximum absolute atomic E-state index is 12.4. The van der Waals surface area contributed by atoms with Crippen molar-refractivity contribution in [2.45, 2.75) is 40.7 Å². The van der Waals surface area contributed by atoms with Crippen LogP contribution < -0.4 is 10.1 Å². The molecule has 0 fully saturated rings. The first kappa shape index (κ1) is 17.4. The van der Waals surface area contributed by atoms with Gasteiger partial charge in [-0.15, -0.1) is 0 Å². The van der Waals surface area contributed by atoms with E-state index in [1.807, 2.05) is 52.0 Å². The molecule has 0 saturated carbocycles. The van der Waals surface area contributed by atoms with E-state index in [0.717, 1.165) is 22.3 Å². The molecule has 0 aliphatic heterocycles. The van der Waals surface area contributed by atoms with Crippen LogP contribution in [-0.2, 0) is 4.79 Å². The average molecular weight is 332 g/mol. The molecule has 3 nitrogen and oxygen atoms in total. The predicted molar refractivity (Wildman–Crippen MR) is 95.6 cm³/mol. The van der Waals surface area contributed by atoms with E-state index in [1.54, 1.807) is 6.92 Å². The molecular formula is C19H22ClNO2. The molecule has 1 N–H and O–H groups in total. The fourth-order valence-corrected chi connectivity index (χ4v) is 2.93. The Labute approximate surface area is 142 Å². The van der Waals surface area contributed by atoms with Crippen LogP contribution in [0.5, 0.6) is 5.75 Å². The molecule has 122 valence electrons. The standard InChI is InChI=1S/C19H22ClNO2/c1-11-6-12(2)9-16(8-11)23-15(5)19(22)21-18-14(4)7-13(3)10-17(18)20/h6-10,15H,1-5H3,(H,21,22). The molecule has 0 aromatic heterocycles. The largest absolute Gasteiger partial charge is 0.481 e. The Hall–Kier alpha value is -2.00. The van der Waals surface area contributed by atoms with Crippen LogP contribution in [0, 0.1) is 27.7 Å². The van der Waals surface area contributed by atoms with Crippen molar-refractivity contribution in [3.05, 3.63) is 57.6 Å².